The van der Waals surface area contributed by atoms with Crippen molar-refractivity contribution in [3.05, 3.63) is 101 Å². The van der Waals surface area contributed by atoms with E-state index in [9.17, 15) is 73.8 Å². The Morgan fingerprint density at radius 1 is 0.632 bits per heavy atom. The number of aliphatic carboxylic acids is 6. The lowest BCUT2D eigenvalue weighted by atomic mass is 9.63. The number of anilines is 1. The molecule has 2 aromatic carbocycles. The van der Waals surface area contributed by atoms with Crippen molar-refractivity contribution in [3.8, 4) is 5.75 Å². The molecule has 0 bridgehead atoms. The zero-order chi connectivity index (χ0) is 64.2. The molecular weight excluding hydrogens is 1130 g/mol. The lowest BCUT2D eigenvalue weighted by Crippen LogP contribution is -2.51. The van der Waals surface area contributed by atoms with Gasteiger partial charge in [-0.05, 0) is 112 Å². The van der Waals surface area contributed by atoms with Gasteiger partial charge in [0.15, 0.2) is 0 Å². The van der Waals surface area contributed by atoms with Crippen LogP contribution >= 0.6 is 0 Å². The summed E-state index contributed by atoms with van der Waals surface area (Å²) >= 11 is 0. The number of rotatable bonds is 43. The molecule has 2 heterocycles. The molecule has 0 saturated carbocycles. The number of aromatic nitrogens is 1. The molecule has 1 aromatic heterocycles. The summed E-state index contributed by atoms with van der Waals surface area (Å²) in [5, 5.41) is 66.0. The molecule has 25 nitrogen and oxygen atoms in total. The van der Waals surface area contributed by atoms with Crippen LogP contribution in [0, 0.1) is 6.92 Å². The topological polar surface area (TPSA) is 341 Å². The number of carboxylic acids is 6. The summed E-state index contributed by atoms with van der Waals surface area (Å²) in [6.45, 7) is 5.52. The number of amides is 3. The first-order valence-electron chi connectivity index (χ1n) is 29.4. The minimum absolute atomic E-state index is 0.0138. The van der Waals surface area contributed by atoms with E-state index in [2.05, 4.69) is 96.3 Å². The fraction of sp³-hybridized carbons (Fsp3) is 0.525. The fourth-order valence-corrected chi connectivity index (χ4v) is 10.7. The van der Waals surface area contributed by atoms with Gasteiger partial charge in [-0.2, -0.15) is 0 Å². The summed E-state index contributed by atoms with van der Waals surface area (Å²) in [6, 6.07) is 16.1. The largest absolute Gasteiger partial charge is 0.497 e. The van der Waals surface area contributed by atoms with Gasteiger partial charge >= 0.3 is 35.8 Å². The van der Waals surface area contributed by atoms with E-state index in [4.69, 9.17) is 4.74 Å². The van der Waals surface area contributed by atoms with E-state index in [0.717, 1.165) is 46.1 Å². The molecule has 87 heavy (non-hydrogen) atoms. The SMILES string of the molecule is COc1ccc(C2(C)C=C/C(=C/c3cc(CCC(=O)NCCCCCC(=O)NCCCCCC(=O)Nc4ccc(CC(CN(CCN(CCN(CC(=O)O)CC(=O)O)CC(=O)O)CC(=O)O)N(CC(=O)O)CC(=O)O)cc4)c(C)n3C)N2B(C)C)cc1. The van der Waals surface area contributed by atoms with Gasteiger partial charge in [-0.25, -0.2) is 0 Å². The van der Waals surface area contributed by atoms with E-state index >= 15 is 0 Å². The first kappa shape index (κ1) is 71.4. The van der Waals surface area contributed by atoms with E-state index in [1.54, 1.807) is 31.4 Å². The second-order valence-corrected chi connectivity index (χ2v) is 22.4. The van der Waals surface area contributed by atoms with Crippen LogP contribution in [0.25, 0.3) is 6.08 Å². The summed E-state index contributed by atoms with van der Waals surface area (Å²) in [6.07, 6.45) is 12.4. The number of nitrogens with one attached hydrogen (secondary N) is 3. The van der Waals surface area contributed by atoms with Crippen LogP contribution in [-0.4, -0.2) is 218 Å². The van der Waals surface area contributed by atoms with E-state index in [1.807, 2.05) is 12.1 Å². The summed E-state index contributed by atoms with van der Waals surface area (Å²) in [5.74, 6) is -7.29. The monoisotopic (exact) mass is 1210 g/mol. The third-order valence-corrected chi connectivity index (χ3v) is 15.2. The van der Waals surface area contributed by atoms with Gasteiger partial charge in [-0.1, -0.05) is 56.8 Å². The van der Waals surface area contributed by atoms with Crippen molar-refractivity contribution in [2.75, 3.05) is 97.5 Å². The molecule has 26 heteroatoms. The van der Waals surface area contributed by atoms with Gasteiger partial charge < -0.3 is 60.7 Å². The van der Waals surface area contributed by atoms with Gasteiger partial charge in [0.2, 0.25) is 24.6 Å². The van der Waals surface area contributed by atoms with Gasteiger partial charge in [-0.15, -0.1) is 0 Å². The Morgan fingerprint density at radius 2 is 1.13 bits per heavy atom. The quantitative estimate of drug-likeness (QED) is 0.0282. The maximum absolute atomic E-state index is 12.9. The molecule has 476 valence electrons. The predicted octanol–water partition coefficient (Wildman–Crippen LogP) is 4.27. The van der Waals surface area contributed by atoms with Crippen molar-refractivity contribution >= 4 is 72.1 Å². The van der Waals surface area contributed by atoms with Crippen LogP contribution in [0.3, 0.4) is 0 Å². The maximum Gasteiger partial charge on any atom is 0.317 e. The molecule has 3 amide bonds. The Kier molecular flexibility index (Phi) is 29.7. The second kappa shape index (κ2) is 36.2. The number of nitrogens with zero attached hydrogens (tertiary/aromatic N) is 6. The molecule has 0 aliphatic carbocycles. The van der Waals surface area contributed by atoms with Crippen LogP contribution in [-0.2, 0) is 68.6 Å². The minimum Gasteiger partial charge on any atom is -0.497 e. The molecule has 0 fully saturated rings. The summed E-state index contributed by atoms with van der Waals surface area (Å²) < 4.78 is 7.56. The lowest BCUT2D eigenvalue weighted by molar-refractivity contribution is -0.145. The molecule has 0 radical (unpaired) electrons. The number of carbonyl (C=O) groups excluding carboxylic acids is 3. The first-order chi connectivity index (χ1) is 41.3. The Morgan fingerprint density at radius 3 is 1.66 bits per heavy atom. The van der Waals surface area contributed by atoms with Crippen LogP contribution in [0.5, 0.6) is 5.75 Å². The number of ether oxygens (including phenoxy) is 1. The van der Waals surface area contributed by atoms with Crippen molar-refractivity contribution in [1.82, 2.24) is 39.6 Å². The molecule has 9 N–H and O–H groups in total. The van der Waals surface area contributed by atoms with Crippen LogP contribution < -0.4 is 20.7 Å². The molecule has 1 aliphatic rings. The van der Waals surface area contributed by atoms with Crippen LogP contribution in [0.4, 0.5) is 5.69 Å². The van der Waals surface area contributed by atoms with Crippen LogP contribution in [0.2, 0.25) is 13.6 Å². The normalized spacial score (nSPS) is 14.6. The third-order valence-electron chi connectivity index (χ3n) is 15.2. The van der Waals surface area contributed by atoms with Gasteiger partial charge in [0.25, 0.3) is 0 Å². The lowest BCUT2D eigenvalue weighted by Gasteiger charge is -2.40. The molecule has 0 spiro atoms. The van der Waals surface area contributed by atoms with Crippen LogP contribution in [0.1, 0.15) is 92.8 Å². The van der Waals surface area contributed by atoms with Crippen molar-refractivity contribution in [3.63, 3.8) is 0 Å². The number of aryl methyl sites for hydroxylation is 1. The molecule has 1 aliphatic heterocycles. The van der Waals surface area contributed by atoms with Gasteiger partial charge in [0.1, 0.15) is 5.75 Å². The number of carbonyl (C=O) groups is 9. The highest BCUT2D eigenvalue weighted by atomic mass is 16.5. The van der Waals surface area contributed by atoms with E-state index in [0.29, 0.717) is 69.3 Å². The average molecular weight is 1210 g/mol. The number of hydrogen-bond donors (Lipinski definition) is 9. The average Bonchev–Trinajstić information content (AvgIpc) is 1.71. The molecule has 4 rings (SSSR count). The van der Waals surface area contributed by atoms with Gasteiger partial charge in [-0.3, -0.25) is 62.8 Å². The van der Waals surface area contributed by atoms with Crippen molar-refractivity contribution in [1.29, 1.82) is 0 Å². The Labute approximate surface area is 509 Å². The van der Waals surface area contributed by atoms with E-state index in [-0.39, 0.29) is 75.7 Å². The molecule has 2 unspecified atom stereocenters. The van der Waals surface area contributed by atoms with Crippen molar-refractivity contribution in [2.45, 2.75) is 110 Å². The zero-order valence-electron chi connectivity index (χ0n) is 51.0. The molecule has 3 aromatic rings. The maximum atomic E-state index is 12.9. The Balaban J connectivity index is 1.16. The number of benzene rings is 2. The number of hydrogen-bond acceptors (Lipinski definition) is 15. The highest BCUT2D eigenvalue weighted by molar-refractivity contribution is 6.53. The summed E-state index contributed by atoms with van der Waals surface area (Å²) in [5.41, 5.74) is 6.34. The molecule has 0 saturated heterocycles. The number of unbranched alkanes of at least 4 members (excludes halogenated alkanes) is 4. The number of allylic oxidation sites excluding steroid dienone is 1. The highest BCUT2D eigenvalue weighted by Crippen LogP contribution is 2.41. The van der Waals surface area contributed by atoms with Crippen molar-refractivity contribution in [2.24, 2.45) is 7.05 Å². The Bertz CT molecular complexity index is 2830. The Hall–Kier alpha value is -8.07. The molecule has 2 atom stereocenters. The summed E-state index contributed by atoms with van der Waals surface area (Å²) in [7, 11) is 3.72. The molecular formula is C61H88BN9O16. The predicted molar refractivity (Wildman–Crippen MR) is 327 cm³/mol. The third kappa shape index (κ3) is 25.4. The van der Waals surface area contributed by atoms with E-state index < -0.39 is 81.1 Å². The summed E-state index contributed by atoms with van der Waals surface area (Å²) in [4.78, 5) is 116. The van der Waals surface area contributed by atoms with Crippen LogP contribution in [0.15, 0.2) is 72.4 Å². The van der Waals surface area contributed by atoms with Crippen molar-refractivity contribution < 1.29 is 78.5 Å². The minimum atomic E-state index is -1.34. The van der Waals surface area contributed by atoms with E-state index in [1.165, 1.54) is 20.3 Å². The van der Waals surface area contributed by atoms with Gasteiger partial charge in [0.05, 0.1) is 51.9 Å². The number of carboxylic acid groups (broad SMARTS) is 6. The highest BCUT2D eigenvalue weighted by Gasteiger charge is 2.39. The number of methoxy groups -OCH3 is 1. The van der Waals surface area contributed by atoms with Gasteiger partial charge in [0, 0.05) is 101 Å². The second-order valence-electron chi connectivity index (χ2n) is 22.4. The first-order valence-corrected chi connectivity index (χ1v) is 29.4. The smallest absolute Gasteiger partial charge is 0.317 e. The fourth-order valence-electron chi connectivity index (χ4n) is 10.7. The standard InChI is InChI=1S/C61H88BN9O16/c1-43-45(34-49(66(43)5)35-48-25-26-61(2,71(48)62(3)4)46-18-22-51(87-6)23-19-46)17-24-53(73)64-28-11-7-9-13-52(72)63-27-12-8-10-14-54(74)65-47-20-15-44(16-21-47)33-50(70(41-59(83)84)42-60(85)86)36-68(38-56(77)78)31-29-67(37-55(75)76)30-32-69(39-57(79)80)40-58(81)82/h15-16,18-23,25-26,34-35,50H,7-14,17,24,27-33,36-42H2,1-6H3,(H,63,72)(H,64,73)(H,65,74)(H,75,76)(H,77,78)(H,79,80)(H,81,82)(H,83,84)(H,85,86)/b48-35-. The zero-order valence-corrected chi connectivity index (χ0v) is 51.0.